The molecule has 1 saturated heterocycles. The van der Waals surface area contributed by atoms with Crippen LogP contribution in [0, 0.1) is 17.8 Å². The summed E-state index contributed by atoms with van der Waals surface area (Å²) in [5.74, 6) is -0.399. The van der Waals surface area contributed by atoms with Crippen molar-refractivity contribution in [3.05, 3.63) is 54.6 Å². The summed E-state index contributed by atoms with van der Waals surface area (Å²) < 4.78 is 0. The van der Waals surface area contributed by atoms with Crippen LogP contribution < -0.4 is 4.90 Å². The van der Waals surface area contributed by atoms with Gasteiger partial charge in [-0.05, 0) is 23.8 Å². The molecule has 0 spiro atoms. The average Bonchev–Trinajstić information content (AvgIpc) is 2.79. The maximum atomic E-state index is 12.9. The zero-order valence-electron chi connectivity index (χ0n) is 12.4. The Kier molecular flexibility index (Phi) is 2.89. The summed E-state index contributed by atoms with van der Waals surface area (Å²) in [5.41, 5.74) is 0.717. The van der Waals surface area contributed by atoms with E-state index in [-0.39, 0.29) is 29.6 Å². The second-order valence-electron chi connectivity index (χ2n) is 6.17. The van der Waals surface area contributed by atoms with Crippen LogP contribution in [0.25, 0.3) is 10.8 Å². The van der Waals surface area contributed by atoms with Crippen LogP contribution in [0.5, 0.6) is 0 Å². The quantitative estimate of drug-likeness (QED) is 0.595. The normalized spacial score (nSPS) is 27.5. The Morgan fingerprint density at radius 1 is 1.00 bits per heavy atom. The van der Waals surface area contributed by atoms with Gasteiger partial charge >= 0.3 is 0 Å². The molecule has 1 fully saturated rings. The van der Waals surface area contributed by atoms with E-state index >= 15 is 0 Å². The highest BCUT2D eigenvalue weighted by molar-refractivity contribution is 6.25. The Labute approximate surface area is 129 Å². The van der Waals surface area contributed by atoms with Gasteiger partial charge in [0.05, 0.1) is 17.5 Å². The summed E-state index contributed by atoms with van der Waals surface area (Å²) in [7, 11) is 0. The van der Waals surface area contributed by atoms with Crippen LogP contribution in [-0.4, -0.2) is 11.8 Å². The van der Waals surface area contributed by atoms with Gasteiger partial charge in [0.2, 0.25) is 11.8 Å². The van der Waals surface area contributed by atoms with Crippen LogP contribution in [0.3, 0.4) is 0 Å². The molecule has 2 aliphatic rings. The molecule has 0 unspecified atom stereocenters. The molecule has 2 amide bonds. The Balaban J connectivity index is 1.86. The molecule has 3 atom stereocenters. The van der Waals surface area contributed by atoms with Crippen molar-refractivity contribution in [2.24, 2.45) is 17.8 Å². The molecule has 22 heavy (non-hydrogen) atoms. The molecule has 0 bridgehead atoms. The maximum Gasteiger partial charge on any atom is 0.238 e. The monoisotopic (exact) mass is 291 g/mol. The molecule has 2 aromatic carbocycles. The largest absolute Gasteiger partial charge is 0.274 e. The van der Waals surface area contributed by atoms with Crippen LogP contribution in [0.1, 0.15) is 13.3 Å². The molecule has 4 rings (SSSR count). The SMILES string of the molecule is C[C@@H]1C=CC[C@@H]2C(=O)N(c3cccc4ccccc34)C(=O)[C@H]12. The fourth-order valence-electron chi connectivity index (χ4n) is 3.79. The zero-order chi connectivity index (χ0) is 15.3. The molecule has 3 nitrogen and oxygen atoms in total. The average molecular weight is 291 g/mol. The molecule has 0 saturated carbocycles. The number of hydrogen-bond donors (Lipinski definition) is 0. The summed E-state index contributed by atoms with van der Waals surface area (Å²) in [5, 5.41) is 1.99. The first-order valence-electron chi connectivity index (χ1n) is 7.70. The molecular formula is C19H17NO2. The van der Waals surface area contributed by atoms with Gasteiger partial charge in [0.1, 0.15) is 0 Å². The Bertz CT molecular complexity index is 803. The third-order valence-electron chi connectivity index (χ3n) is 4.88. The summed E-state index contributed by atoms with van der Waals surface area (Å²) in [6, 6.07) is 13.6. The number of imide groups is 1. The number of amides is 2. The predicted molar refractivity (Wildman–Crippen MR) is 86.3 cm³/mol. The van der Waals surface area contributed by atoms with Crippen molar-refractivity contribution in [1.82, 2.24) is 0 Å². The summed E-state index contributed by atoms with van der Waals surface area (Å²) in [4.78, 5) is 27.1. The first-order chi connectivity index (χ1) is 10.7. The van der Waals surface area contributed by atoms with Gasteiger partial charge in [-0.3, -0.25) is 9.59 Å². The molecule has 0 N–H and O–H groups in total. The molecule has 3 heteroatoms. The van der Waals surface area contributed by atoms with Gasteiger partial charge in [0, 0.05) is 5.39 Å². The van der Waals surface area contributed by atoms with Crippen molar-refractivity contribution in [1.29, 1.82) is 0 Å². The Morgan fingerprint density at radius 2 is 1.77 bits per heavy atom. The number of carbonyl (C=O) groups is 2. The van der Waals surface area contributed by atoms with E-state index in [2.05, 4.69) is 6.08 Å². The fraction of sp³-hybridized carbons (Fsp3) is 0.263. The third-order valence-corrected chi connectivity index (χ3v) is 4.88. The van der Waals surface area contributed by atoms with E-state index < -0.39 is 0 Å². The Hall–Kier alpha value is -2.42. The van der Waals surface area contributed by atoms with Crippen molar-refractivity contribution >= 4 is 28.3 Å². The standard InChI is InChI=1S/C19H17NO2/c1-12-6-4-10-15-17(12)19(22)20(18(15)21)16-11-5-8-13-7-2-3-9-14(13)16/h2-9,11-12,15,17H,10H2,1H3/t12-,15+,17-/m1/s1. The van der Waals surface area contributed by atoms with Crippen LogP contribution in [0.4, 0.5) is 5.69 Å². The number of nitrogens with zero attached hydrogens (tertiary/aromatic N) is 1. The molecule has 1 aliphatic carbocycles. The molecule has 110 valence electrons. The molecule has 0 aromatic heterocycles. The second kappa shape index (κ2) is 4.80. The fourth-order valence-corrected chi connectivity index (χ4v) is 3.79. The molecule has 1 aliphatic heterocycles. The van der Waals surface area contributed by atoms with Gasteiger partial charge in [0.15, 0.2) is 0 Å². The lowest BCUT2D eigenvalue weighted by Crippen LogP contribution is -2.31. The van der Waals surface area contributed by atoms with Crippen LogP contribution in [0.15, 0.2) is 54.6 Å². The zero-order valence-corrected chi connectivity index (χ0v) is 12.4. The van der Waals surface area contributed by atoms with Crippen molar-refractivity contribution in [2.75, 3.05) is 4.90 Å². The predicted octanol–water partition coefficient (Wildman–Crippen LogP) is 3.54. The van der Waals surface area contributed by atoms with Crippen LogP contribution in [0.2, 0.25) is 0 Å². The minimum Gasteiger partial charge on any atom is -0.274 e. The van der Waals surface area contributed by atoms with E-state index in [1.54, 1.807) is 0 Å². The van der Waals surface area contributed by atoms with Crippen molar-refractivity contribution in [2.45, 2.75) is 13.3 Å². The number of fused-ring (bicyclic) bond motifs is 2. The van der Waals surface area contributed by atoms with Crippen molar-refractivity contribution < 1.29 is 9.59 Å². The van der Waals surface area contributed by atoms with Crippen molar-refractivity contribution in [3.63, 3.8) is 0 Å². The summed E-state index contributed by atoms with van der Waals surface area (Å²) in [6.45, 7) is 2.02. The number of hydrogen-bond acceptors (Lipinski definition) is 2. The highest BCUT2D eigenvalue weighted by Gasteiger charge is 2.50. The van der Waals surface area contributed by atoms with Gasteiger partial charge < -0.3 is 0 Å². The third kappa shape index (κ3) is 1.75. The van der Waals surface area contributed by atoms with Crippen LogP contribution >= 0.6 is 0 Å². The van der Waals surface area contributed by atoms with Crippen LogP contribution in [-0.2, 0) is 9.59 Å². The number of benzene rings is 2. The van der Waals surface area contributed by atoms with E-state index in [1.807, 2.05) is 55.5 Å². The molecular weight excluding hydrogens is 274 g/mol. The minimum atomic E-state index is -0.212. The lowest BCUT2D eigenvalue weighted by Gasteiger charge is -2.22. The van der Waals surface area contributed by atoms with Gasteiger partial charge in [0.25, 0.3) is 0 Å². The lowest BCUT2D eigenvalue weighted by molar-refractivity contribution is -0.122. The Morgan fingerprint density at radius 3 is 2.59 bits per heavy atom. The summed E-state index contributed by atoms with van der Waals surface area (Å²) in [6.07, 6.45) is 4.75. The first kappa shape index (κ1) is 13.3. The lowest BCUT2D eigenvalue weighted by atomic mass is 9.78. The molecule has 0 radical (unpaired) electrons. The minimum absolute atomic E-state index is 0.0526. The molecule has 2 aromatic rings. The number of allylic oxidation sites excluding steroid dienone is 2. The second-order valence-corrected chi connectivity index (χ2v) is 6.17. The van der Waals surface area contributed by atoms with Gasteiger partial charge in [-0.1, -0.05) is 55.5 Å². The highest BCUT2D eigenvalue weighted by Crippen LogP contribution is 2.41. The smallest absolute Gasteiger partial charge is 0.238 e. The molecule has 1 heterocycles. The maximum absolute atomic E-state index is 12.9. The van der Waals surface area contributed by atoms with Gasteiger partial charge in [-0.25, -0.2) is 4.90 Å². The number of rotatable bonds is 1. The van der Waals surface area contributed by atoms with E-state index in [9.17, 15) is 9.59 Å². The van der Waals surface area contributed by atoms with Gasteiger partial charge in [-0.15, -0.1) is 0 Å². The van der Waals surface area contributed by atoms with E-state index in [0.29, 0.717) is 6.42 Å². The topological polar surface area (TPSA) is 37.4 Å². The van der Waals surface area contributed by atoms with E-state index in [1.165, 1.54) is 4.90 Å². The van der Waals surface area contributed by atoms with E-state index in [0.717, 1.165) is 16.5 Å². The summed E-state index contributed by atoms with van der Waals surface area (Å²) >= 11 is 0. The highest BCUT2D eigenvalue weighted by atomic mass is 16.2. The van der Waals surface area contributed by atoms with Gasteiger partial charge in [-0.2, -0.15) is 0 Å². The first-order valence-corrected chi connectivity index (χ1v) is 7.70. The van der Waals surface area contributed by atoms with E-state index in [4.69, 9.17) is 0 Å². The number of anilines is 1. The number of carbonyl (C=O) groups excluding carboxylic acids is 2. The van der Waals surface area contributed by atoms with Crippen molar-refractivity contribution in [3.8, 4) is 0 Å².